The Morgan fingerprint density at radius 3 is 2.39 bits per heavy atom. The van der Waals surface area contributed by atoms with Crippen molar-refractivity contribution in [3.8, 4) is 0 Å². The first-order valence-electron chi connectivity index (χ1n) is 8.36. The van der Waals surface area contributed by atoms with E-state index in [1.165, 1.54) is 5.56 Å². The van der Waals surface area contributed by atoms with Gasteiger partial charge < -0.3 is 0 Å². The van der Waals surface area contributed by atoms with E-state index in [1.54, 1.807) is 0 Å². The van der Waals surface area contributed by atoms with Gasteiger partial charge in [-0.2, -0.15) is 0 Å². The molecule has 2 aromatic rings. The molecule has 23 heavy (non-hydrogen) atoms. The minimum absolute atomic E-state index is 0.143. The minimum atomic E-state index is -0.153. The van der Waals surface area contributed by atoms with Gasteiger partial charge in [0.1, 0.15) is 5.78 Å². The lowest BCUT2D eigenvalue weighted by atomic mass is 9.90. The highest BCUT2D eigenvalue weighted by atomic mass is 16.1. The van der Waals surface area contributed by atoms with Crippen molar-refractivity contribution in [2.75, 3.05) is 0 Å². The Kier molecular flexibility index (Phi) is 4.71. The number of benzene rings is 2. The molecule has 0 bridgehead atoms. The van der Waals surface area contributed by atoms with Crippen LogP contribution in [0.25, 0.3) is 0 Å². The molecule has 3 rings (SSSR count). The van der Waals surface area contributed by atoms with Gasteiger partial charge in [0.2, 0.25) is 0 Å². The topological polar surface area (TPSA) is 34.1 Å². The monoisotopic (exact) mass is 306 g/mol. The maximum atomic E-state index is 12.5. The average Bonchev–Trinajstić information content (AvgIpc) is 3.00. The van der Waals surface area contributed by atoms with Crippen molar-refractivity contribution in [1.82, 2.24) is 0 Å². The Morgan fingerprint density at radius 1 is 1.09 bits per heavy atom. The number of Topliss-reactive ketones (excluding diaryl/α,β-unsaturated/α-hetero) is 2. The van der Waals surface area contributed by atoms with Crippen LogP contribution in [-0.2, 0) is 11.2 Å². The molecule has 118 valence electrons. The zero-order valence-electron chi connectivity index (χ0n) is 13.5. The molecule has 2 heteroatoms. The number of rotatable bonds is 5. The van der Waals surface area contributed by atoms with Crippen LogP contribution >= 0.6 is 0 Å². The average molecular weight is 306 g/mol. The standard InChI is InChI=1S/C21H22O2/c1-15(21(23)18-6-3-2-4-7-18)17-12-10-16(11-13-17)14-19-8-5-9-20(19)22/h2-4,6-7,10-13,15,19H,5,8-9,14H2,1H3/t15-,19?/m0/s1. The molecular formula is C21H22O2. The van der Waals surface area contributed by atoms with Crippen LogP contribution < -0.4 is 0 Å². The third-order valence-electron chi connectivity index (χ3n) is 4.84. The van der Waals surface area contributed by atoms with Gasteiger partial charge in [-0.1, -0.05) is 61.5 Å². The van der Waals surface area contributed by atoms with E-state index in [4.69, 9.17) is 0 Å². The largest absolute Gasteiger partial charge is 0.299 e. The van der Waals surface area contributed by atoms with Gasteiger partial charge in [-0.3, -0.25) is 9.59 Å². The fourth-order valence-corrected chi connectivity index (χ4v) is 3.33. The molecule has 0 aliphatic heterocycles. The molecule has 2 atom stereocenters. The van der Waals surface area contributed by atoms with Crippen LogP contribution in [-0.4, -0.2) is 11.6 Å². The first-order valence-corrected chi connectivity index (χ1v) is 8.36. The predicted octanol–water partition coefficient (Wildman–Crippen LogP) is 4.58. The highest BCUT2D eigenvalue weighted by molar-refractivity contribution is 6.00. The molecule has 0 saturated heterocycles. The van der Waals surface area contributed by atoms with Gasteiger partial charge in [-0.15, -0.1) is 0 Å². The van der Waals surface area contributed by atoms with Crippen LogP contribution in [0.1, 0.15) is 53.6 Å². The SMILES string of the molecule is C[C@H](C(=O)c1ccccc1)c1ccc(CC2CCCC2=O)cc1. The molecule has 2 nitrogen and oxygen atoms in total. The van der Waals surface area contributed by atoms with Crippen molar-refractivity contribution in [2.45, 2.75) is 38.5 Å². The number of ketones is 2. The Morgan fingerprint density at radius 2 is 1.78 bits per heavy atom. The lowest BCUT2D eigenvalue weighted by molar-refractivity contribution is -0.120. The summed E-state index contributed by atoms with van der Waals surface area (Å²) in [6.07, 6.45) is 3.62. The molecule has 0 amide bonds. The van der Waals surface area contributed by atoms with Crippen LogP contribution in [0.4, 0.5) is 0 Å². The Labute approximate surface area is 137 Å². The van der Waals surface area contributed by atoms with Gasteiger partial charge in [0.15, 0.2) is 5.78 Å². The fraction of sp³-hybridized carbons (Fsp3) is 0.333. The van der Waals surface area contributed by atoms with E-state index >= 15 is 0 Å². The second-order valence-corrected chi connectivity index (χ2v) is 6.45. The van der Waals surface area contributed by atoms with Crippen LogP contribution in [0.15, 0.2) is 54.6 Å². The van der Waals surface area contributed by atoms with Crippen LogP contribution in [0, 0.1) is 5.92 Å². The molecule has 1 unspecified atom stereocenters. The molecule has 1 fully saturated rings. The van der Waals surface area contributed by atoms with E-state index < -0.39 is 0 Å². The first-order chi connectivity index (χ1) is 11.1. The summed E-state index contributed by atoms with van der Waals surface area (Å²) >= 11 is 0. The predicted molar refractivity (Wildman–Crippen MR) is 91.7 cm³/mol. The molecule has 0 N–H and O–H groups in total. The van der Waals surface area contributed by atoms with E-state index in [-0.39, 0.29) is 17.6 Å². The van der Waals surface area contributed by atoms with E-state index in [0.29, 0.717) is 5.78 Å². The second kappa shape index (κ2) is 6.91. The van der Waals surface area contributed by atoms with Crippen molar-refractivity contribution < 1.29 is 9.59 Å². The quantitative estimate of drug-likeness (QED) is 0.757. The maximum Gasteiger partial charge on any atom is 0.170 e. The summed E-state index contributed by atoms with van der Waals surface area (Å²) < 4.78 is 0. The maximum absolute atomic E-state index is 12.5. The van der Waals surface area contributed by atoms with E-state index in [9.17, 15) is 9.59 Å². The summed E-state index contributed by atoms with van der Waals surface area (Å²) in [6.45, 7) is 1.95. The van der Waals surface area contributed by atoms with Crippen molar-refractivity contribution in [3.05, 3.63) is 71.3 Å². The van der Waals surface area contributed by atoms with Crippen LogP contribution in [0.3, 0.4) is 0 Å². The highest BCUT2D eigenvalue weighted by Gasteiger charge is 2.24. The molecule has 0 spiro atoms. The second-order valence-electron chi connectivity index (χ2n) is 6.45. The van der Waals surface area contributed by atoms with Crippen molar-refractivity contribution in [1.29, 1.82) is 0 Å². The van der Waals surface area contributed by atoms with Crippen molar-refractivity contribution >= 4 is 11.6 Å². The van der Waals surface area contributed by atoms with Gasteiger partial charge in [-0.25, -0.2) is 0 Å². The van der Waals surface area contributed by atoms with Crippen LogP contribution in [0.2, 0.25) is 0 Å². The zero-order chi connectivity index (χ0) is 16.2. The van der Waals surface area contributed by atoms with Crippen molar-refractivity contribution in [2.24, 2.45) is 5.92 Å². The Hall–Kier alpha value is -2.22. The number of carbonyl (C=O) groups is 2. The van der Waals surface area contributed by atoms with Gasteiger partial charge in [0, 0.05) is 23.8 Å². The lowest BCUT2D eigenvalue weighted by Crippen LogP contribution is -2.11. The highest BCUT2D eigenvalue weighted by Crippen LogP contribution is 2.26. The van der Waals surface area contributed by atoms with Gasteiger partial charge in [-0.05, 0) is 30.4 Å². The first kappa shape index (κ1) is 15.7. The normalized spacial score (nSPS) is 18.8. The van der Waals surface area contributed by atoms with E-state index in [0.717, 1.165) is 36.8 Å². The third-order valence-corrected chi connectivity index (χ3v) is 4.84. The molecule has 0 radical (unpaired) electrons. The fourth-order valence-electron chi connectivity index (χ4n) is 3.33. The van der Waals surface area contributed by atoms with Gasteiger partial charge in [0.25, 0.3) is 0 Å². The number of carbonyl (C=O) groups excluding carboxylic acids is 2. The molecular weight excluding hydrogens is 284 g/mol. The molecule has 1 saturated carbocycles. The van der Waals surface area contributed by atoms with Crippen molar-refractivity contribution in [3.63, 3.8) is 0 Å². The molecule has 0 heterocycles. The lowest BCUT2D eigenvalue weighted by Gasteiger charge is -2.13. The summed E-state index contributed by atoms with van der Waals surface area (Å²) in [5.41, 5.74) is 2.97. The van der Waals surface area contributed by atoms with Gasteiger partial charge >= 0.3 is 0 Å². The summed E-state index contributed by atoms with van der Waals surface area (Å²) in [7, 11) is 0. The minimum Gasteiger partial charge on any atom is -0.299 e. The summed E-state index contributed by atoms with van der Waals surface area (Å²) in [5.74, 6) is 0.592. The summed E-state index contributed by atoms with van der Waals surface area (Å²) in [5, 5.41) is 0. The van der Waals surface area contributed by atoms with Gasteiger partial charge in [0.05, 0.1) is 0 Å². The van der Waals surface area contributed by atoms with Crippen LogP contribution in [0.5, 0.6) is 0 Å². The Bertz CT molecular complexity index is 686. The summed E-state index contributed by atoms with van der Waals surface area (Å²) in [6, 6.07) is 17.6. The molecule has 2 aromatic carbocycles. The smallest absolute Gasteiger partial charge is 0.170 e. The molecule has 1 aliphatic carbocycles. The van der Waals surface area contributed by atoms with E-state index in [2.05, 4.69) is 12.1 Å². The summed E-state index contributed by atoms with van der Waals surface area (Å²) in [4.78, 5) is 24.3. The number of hydrogen-bond donors (Lipinski definition) is 0. The third kappa shape index (κ3) is 3.58. The Balaban J connectivity index is 1.69. The molecule has 0 aromatic heterocycles. The zero-order valence-corrected chi connectivity index (χ0v) is 13.5. The number of hydrogen-bond acceptors (Lipinski definition) is 2. The molecule has 1 aliphatic rings. The van der Waals surface area contributed by atoms with E-state index in [1.807, 2.05) is 49.4 Å².